The van der Waals surface area contributed by atoms with E-state index in [0.29, 0.717) is 11.1 Å². The fourth-order valence-corrected chi connectivity index (χ4v) is 3.76. The van der Waals surface area contributed by atoms with Crippen molar-refractivity contribution in [1.82, 2.24) is 4.90 Å². The molecule has 3 rings (SSSR count). The molecule has 5 nitrogen and oxygen atoms in total. The van der Waals surface area contributed by atoms with Gasteiger partial charge >= 0.3 is 6.18 Å². The van der Waals surface area contributed by atoms with Crippen LogP contribution in [-0.4, -0.2) is 40.7 Å². The van der Waals surface area contributed by atoms with E-state index in [0.717, 1.165) is 28.8 Å². The average Bonchev–Trinajstić information content (AvgIpc) is 2.91. The highest BCUT2D eigenvalue weighted by Gasteiger charge is 2.35. The first-order valence-electron chi connectivity index (χ1n) is 8.38. The first-order chi connectivity index (χ1) is 13.7. The molecule has 0 aliphatic carbocycles. The van der Waals surface area contributed by atoms with Crippen molar-refractivity contribution in [3.63, 3.8) is 0 Å². The molecule has 0 radical (unpaired) electrons. The summed E-state index contributed by atoms with van der Waals surface area (Å²) in [6.45, 7) is 0.0875. The zero-order valence-corrected chi connectivity index (χ0v) is 16.3. The summed E-state index contributed by atoms with van der Waals surface area (Å²) < 4.78 is 39.2. The van der Waals surface area contributed by atoms with E-state index in [9.17, 15) is 27.6 Å². The van der Waals surface area contributed by atoms with Crippen LogP contribution in [0.5, 0.6) is 0 Å². The highest BCUT2D eigenvalue weighted by atomic mass is 35.5. The van der Waals surface area contributed by atoms with Crippen LogP contribution in [0.1, 0.15) is 26.3 Å². The van der Waals surface area contributed by atoms with Crippen LogP contribution >= 0.6 is 23.4 Å². The molecule has 0 unspecified atom stereocenters. The maximum atomic E-state index is 13.1. The maximum Gasteiger partial charge on any atom is 0.418 e. The van der Waals surface area contributed by atoms with Crippen molar-refractivity contribution in [3.05, 3.63) is 64.2 Å². The fraction of sp³-hybridized carbons (Fsp3) is 0.211. The van der Waals surface area contributed by atoms with Crippen molar-refractivity contribution in [2.45, 2.75) is 6.18 Å². The summed E-state index contributed by atoms with van der Waals surface area (Å²) in [5.74, 6) is -1.38. The molecule has 3 amide bonds. The van der Waals surface area contributed by atoms with Crippen LogP contribution < -0.4 is 5.32 Å². The van der Waals surface area contributed by atoms with E-state index in [2.05, 4.69) is 5.32 Å². The summed E-state index contributed by atoms with van der Waals surface area (Å²) in [4.78, 5) is 37.6. The van der Waals surface area contributed by atoms with Gasteiger partial charge in [0.2, 0.25) is 5.91 Å². The minimum absolute atomic E-state index is 0.0875. The van der Waals surface area contributed by atoms with Gasteiger partial charge in [0, 0.05) is 12.3 Å². The van der Waals surface area contributed by atoms with E-state index >= 15 is 0 Å². The molecule has 1 aliphatic heterocycles. The van der Waals surface area contributed by atoms with Gasteiger partial charge in [-0.1, -0.05) is 29.8 Å². The molecule has 152 valence electrons. The molecule has 0 spiro atoms. The molecule has 2 aromatic rings. The smallest absolute Gasteiger partial charge is 0.324 e. The van der Waals surface area contributed by atoms with Crippen molar-refractivity contribution in [3.8, 4) is 0 Å². The van der Waals surface area contributed by atoms with Crippen molar-refractivity contribution in [2.75, 3.05) is 23.4 Å². The summed E-state index contributed by atoms with van der Waals surface area (Å²) >= 11 is 6.89. The van der Waals surface area contributed by atoms with Crippen LogP contribution in [-0.2, 0) is 11.0 Å². The number of thioether (sulfide) groups is 1. The number of benzene rings is 2. The van der Waals surface area contributed by atoms with Gasteiger partial charge < -0.3 is 5.32 Å². The lowest BCUT2D eigenvalue weighted by Gasteiger charge is -2.15. The maximum absolute atomic E-state index is 13.1. The number of para-hydroxylation sites is 1. The molecular formula is C19H14ClF3N2O3S. The van der Waals surface area contributed by atoms with E-state index in [4.69, 9.17) is 11.6 Å². The van der Waals surface area contributed by atoms with E-state index in [1.807, 2.05) is 0 Å². The molecule has 0 aromatic heterocycles. The fourth-order valence-electron chi connectivity index (χ4n) is 2.83. The number of fused-ring (bicyclic) bond motifs is 1. The van der Waals surface area contributed by atoms with Gasteiger partial charge in [0.1, 0.15) is 0 Å². The number of halogens is 4. The number of hydrogen-bond acceptors (Lipinski definition) is 4. The topological polar surface area (TPSA) is 66.5 Å². The Kier molecular flexibility index (Phi) is 6.18. The molecule has 0 fully saturated rings. The number of anilines is 1. The van der Waals surface area contributed by atoms with Gasteiger partial charge in [-0.2, -0.15) is 24.9 Å². The van der Waals surface area contributed by atoms with Crippen LogP contribution in [0, 0.1) is 0 Å². The second kappa shape index (κ2) is 8.46. The Morgan fingerprint density at radius 1 is 1.03 bits per heavy atom. The van der Waals surface area contributed by atoms with Crippen molar-refractivity contribution >= 4 is 46.8 Å². The van der Waals surface area contributed by atoms with E-state index in [1.54, 1.807) is 24.3 Å². The summed E-state index contributed by atoms with van der Waals surface area (Å²) in [5, 5.41) is 1.97. The van der Waals surface area contributed by atoms with Gasteiger partial charge in [-0.15, -0.1) is 0 Å². The quantitative estimate of drug-likeness (QED) is 0.534. The Bertz CT molecular complexity index is 946. The van der Waals surface area contributed by atoms with Crippen LogP contribution in [0.2, 0.25) is 5.02 Å². The zero-order chi connectivity index (χ0) is 21.2. The molecule has 1 N–H and O–H groups in total. The van der Waals surface area contributed by atoms with Gasteiger partial charge in [0.15, 0.2) is 0 Å². The third-order valence-corrected chi connectivity index (χ3v) is 5.41. The zero-order valence-electron chi connectivity index (χ0n) is 14.8. The minimum atomic E-state index is -4.66. The molecule has 0 atom stereocenters. The lowest BCUT2D eigenvalue weighted by Crippen LogP contribution is -2.32. The number of amides is 3. The number of rotatable bonds is 6. The predicted molar refractivity (Wildman–Crippen MR) is 104 cm³/mol. The normalized spacial score (nSPS) is 13.6. The van der Waals surface area contributed by atoms with Gasteiger partial charge in [-0.05, 0) is 24.3 Å². The van der Waals surface area contributed by atoms with E-state index in [-0.39, 0.29) is 23.1 Å². The summed E-state index contributed by atoms with van der Waals surface area (Å²) in [5.41, 5.74) is -0.862. The number of nitrogens with one attached hydrogen (secondary N) is 1. The first-order valence-corrected chi connectivity index (χ1v) is 9.92. The molecule has 1 aliphatic rings. The largest absolute Gasteiger partial charge is 0.418 e. The molecule has 29 heavy (non-hydrogen) atoms. The van der Waals surface area contributed by atoms with Gasteiger partial charge in [-0.25, -0.2) is 0 Å². The Balaban J connectivity index is 1.53. The molecule has 0 bridgehead atoms. The summed E-state index contributed by atoms with van der Waals surface area (Å²) in [6, 6.07) is 9.69. The van der Waals surface area contributed by atoms with E-state index in [1.165, 1.54) is 6.07 Å². The number of nitrogens with zero attached hydrogens (tertiary/aromatic N) is 1. The standard InChI is InChI=1S/C19H14ClF3N2O3S/c20-14-7-3-6-13(19(21,22)23)16(14)24-15(26)10-29-9-8-25-17(27)11-4-1-2-5-12(11)18(25)28/h1-7H,8-10H2,(H,24,26). The number of alkyl halides is 3. The first kappa shape index (κ1) is 21.2. The number of hydrogen-bond donors (Lipinski definition) is 1. The lowest BCUT2D eigenvalue weighted by molar-refractivity contribution is -0.137. The van der Waals surface area contributed by atoms with Gasteiger partial charge in [0.25, 0.3) is 11.8 Å². The highest BCUT2D eigenvalue weighted by molar-refractivity contribution is 7.99. The number of imide groups is 1. The third-order valence-electron chi connectivity index (χ3n) is 4.15. The Morgan fingerprint density at radius 2 is 1.66 bits per heavy atom. The van der Waals surface area contributed by atoms with Gasteiger partial charge in [-0.3, -0.25) is 19.3 Å². The Hall–Kier alpha value is -2.52. The highest BCUT2D eigenvalue weighted by Crippen LogP contribution is 2.38. The monoisotopic (exact) mass is 442 g/mol. The van der Waals surface area contributed by atoms with Crippen LogP contribution in [0.15, 0.2) is 42.5 Å². The second-order valence-electron chi connectivity index (χ2n) is 6.07. The van der Waals surface area contributed by atoms with Gasteiger partial charge in [0.05, 0.1) is 33.2 Å². The average molecular weight is 443 g/mol. The van der Waals surface area contributed by atoms with Crippen LogP contribution in [0.3, 0.4) is 0 Å². The van der Waals surface area contributed by atoms with Crippen molar-refractivity contribution in [1.29, 1.82) is 0 Å². The van der Waals surface area contributed by atoms with Crippen LogP contribution in [0.25, 0.3) is 0 Å². The second-order valence-corrected chi connectivity index (χ2v) is 7.58. The third kappa shape index (κ3) is 4.56. The molecular weight excluding hydrogens is 429 g/mol. The van der Waals surface area contributed by atoms with Crippen molar-refractivity contribution in [2.24, 2.45) is 0 Å². The SMILES string of the molecule is O=C(CSCCN1C(=O)c2ccccc2C1=O)Nc1c(Cl)cccc1C(F)(F)F. The van der Waals surface area contributed by atoms with Crippen LogP contribution in [0.4, 0.5) is 18.9 Å². The minimum Gasteiger partial charge on any atom is -0.324 e. The molecule has 0 saturated heterocycles. The Labute approximate surface area is 173 Å². The van der Waals surface area contributed by atoms with Crippen molar-refractivity contribution < 1.29 is 27.6 Å². The molecule has 1 heterocycles. The summed E-state index contributed by atoms with van der Waals surface area (Å²) in [6.07, 6.45) is -4.66. The number of carbonyl (C=O) groups excluding carboxylic acids is 3. The van der Waals surface area contributed by atoms with E-state index < -0.39 is 35.1 Å². The number of carbonyl (C=O) groups is 3. The molecule has 0 saturated carbocycles. The molecule has 10 heteroatoms. The predicted octanol–water partition coefficient (Wildman–Crippen LogP) is 4.33. The molecule has 2 aromatic carbocycles. The summed E-state index contributed by atoms with van der Waals surface area (Å²) in [7, 11) is 0. The lowest BCUT2D eigenvalue weighted by atomic mass is 10.1. The Morgan fingerprint density at radius 3 is 2.24 bits per heavy atom.